The van der Waals surface area contributed by atoms with Crippen molar-refractivity contribution in [3.8, 4) is 17.2 Å². The predicted octanol–water partition coefficient (Wildman–Crippen LogP) is 0.000800. The van der Waals surface area contributed by atoms with Gasteiger partial charge < -0.3 is 20.6 Å². The fourth-order valence-electron chi connectivity index (χ4n) is 2.40. The summed E-state index contributed by atoms with van der Waals surface area (Å²) in [6.07, 6.45) is 1.53. The van der Waals surface area contributed by atoms with Crippen molar-refractivity contribution in [1.29, 1.82) is 0 Å². The number of alkyl halides is 2. The minimum absolute atomic E-state index is 0. The minimum atomic E-state index is -2.92. The van der Waals surface area contributed by atoms with Gasteiger partial charge in [-0.3, -0.25) is 9.19 Å². The van der Waals surface area contributed by atoms with E-state index < -0.39 is 17.4 Å². The molecule has 3 aromatic rings. The van der Waals surface area contributed by atoms with Crippen LogP contribution in [0.25, 0.3) is 11.0 Å². The topological polar surface area (TPSA) is 86.3 Å². The Morgan fingerprint density at radius 2 is 2.04 bits per heavy atom. The Kier molecular flexibility index (Phi) is 8.13. The molecule has 2 heterocycles. The number of nitrogens with one attached hydrogen (secondary N) is 1. The van der Waals surface area contributed by atoms with Crippen molar-refractivity contribution in [2.24, 2.45) is 0 Å². The summed E-state index contributed by atoms with van der Waals surface area (Å²) in [5, 5.41) is 0.195. The van der Waals surface area contributed by atoms with Crippen LogP contribution in [0.15, 0.2) is 35.6 Å². The molecule has 0 bridgehead atoms. The van der Waals surface area contributed by atoms with Crippen LogP contribution in [0.4, 0.5) is 8.78 Å². The molecule has 0 fully saturated rings. The molecule has 0 amide bonds. The maximum absolute atomic E-state index is 12.6. The number of halogens is 2. The smallest absolute Gasteiger partial charge is 1.00 e. The first-order valence-electron chi connectivity index (χ1n) is 7.40. The maximum atomic E-state index is 12.6. The van der Waals surface area contributed by atoms with Crippen molar-refractivity contribution in [3.63, 3.8) is 0 Å². The van der Waals surface area contributed by atoms with Gasteiger partial charge in [0, 0.05) is 18.3 Å². The molecule has 0 saturated heterocycles. The number of aromatic amines is 1. The van der Waals surface area contributed by atoms with E-state index in [0.717, 1.165) is 0 Å². The molecule has 0 aliphatic heterocycles. The van der Waals surface area contributed by atoms with Gasteiger partial charge in [-0.1, -0.05) is 0 Å². The van der Waals surface area contributed by atoms with E-state index in [2.05, 4.69) is 19.7 Å². The Hall–Kier alpha value is -1.11. The molecule has 1 unspecified atom stereocenters. The molecule has 11 heteroatoms. The number of pyridine rings is 1. The number of aromatic nitrogens is 3. The Morgan fingerprint density at radius 3 is 2.70 bits per heavy atom. The monoisotopic (exact) mass is 423 g/mol. The van der Waals surface area contributed by atoms with Crippen molar-refractivity contribution in [2.45, 2.75) is 17.5 Å². The predicted molar refractivity (Wildman–Crippen MR) is 91.3 cm³/mol. The van der Waals surface area contributed by atoms with Crippen molar-refractivity contribution >= 4 is 21.8 Å². The Balaban J connectivity index is 0.00000196. The van der Waals surface area contributed by atoms with Crippen molar-refractivity contribution in [1.82, 2.24) is 15.0 Å². The van der Waals surface area contributed by atoms with Gasteiger partial charge >= 0.3 is 58.0 Å². The Morgan fingerprint density at radius 1 is 1.26 bits per heavy atom. The molecule has 0 saturated carbocycles. The van der Waals surface area contributed by atoms with Gasteiger partial charge in [0.1, 0.15) is 5.75 Å². The van der Waals surface area contributed by atoms with Crippen LogP contribution >= 0.6 is 0 Å². The van der Waals surface area contributed by atoms with Crippen LogP contribution in [-0.2, 0) is 16.6 Å². The first kappa shape index (κ1) is 22.2. The molecule has 0 aliphatic rings. The minimum Gasteiger partial charge on any atom is -1.00 e. The number of ether oxygens (including phenoxy) is 3. The van der Waals surface area contributed by atoms with Crippen LogP contribution in [0.1, 0.15) is 7.12 Å². The number of H-pyrrole nitrogens is 1. The van der Waals surface area contributed by atoms with E-state index in [1.165, 1.54) is 38.6 Å². The zero-order valence-electron chi connectivity index (χ0n) is 15.9. The van der Waals surface area contributed by atoms with Crippen LogP contribution in [0.2, 0.25) is 0 Å². The number of nitrogens with zero attached hydrogens (tertiary/aromatic N) is 2. The summed E-state index contributed by atoms with van der Waals surface area (Å²) in [5.74, 6) is 0.908. The molecule has 140 valence electrons. The normalized spacial score (nSPS) is 11.9. The third-order valence-electron chi connectivity index (χ3n) is 3.51. The van der Waals surface area contributed by atoms with Gasteiger partial charge in [-0.15, -0.1) is 0 Å². The molecular formula is C16H16F2KN3O4S. The summed E-state index contributed by atoms with van der Waals surface area (Å²) in [7, 11) is 1.41. The van der Waals surface area contributed by atoms with E-state index >= 15 is 0 Å². The zero-order valence-corrected chi connectivity index (χ0v) is 18.8. The number of rotatable bonds is 7. The summed E-state index contributed by atoms with van der Waals surface area (Å²) < 4.78 is 52.1. The molecule has 3 rings (SSSR count). The Labute approximate surface area is 200 Å². The van der Waals surface area contributed by atoms with Gasteiger partial charge in [0.2, 0.25) is 0 Å². The van der Waals surface area contributed by atoms with E-state index in [4.69, 9.17) is 9.47 Å². The summed E-state index contributed by atoms with van der Waals surface area (Å²) in [6.45, 7) is -2.92. The summed E-state index contributed by atoms with van der Waals surface area (Å²) >= 11 is 0. The van der Waals surface area contributed by atoms with E-state index in [1.54, 1.807) is 6.07 Å². The van der Waals surface area contributed by atoms with Gasteiger partial charge in [-0.25, -0.2) is 4.98 Å². The second kappa shape index (κ2) is 9.89. The fourth-order valence-corrected chi connectivity index (χ4v) is 3.41. The van der Waals surface area contributed by atoms with Crippen molar-refractivity contribution in [3.05, 3.63) is 36.2 Å². The average molecular weight is 423 g/mol. The third-order valence-corrected chi connectivity index (χ3v) is 4.67. The van der Waals surface area contributed by atoms with E-state index in [-0.39, 0.29) is 69.5 Å². The van der Waals surface area contributed by atoms with Gasteiger partial charge in [-0.2, -0.15) is 8.78 Å². The van der Waals surface area contributed by atoms with Crippen LogP contribution in [0.3, 0.4) is 0 Å². The van der Waals surface area contributed by atoms with Gasteiger partial charge in [-0.05, 0) is 12.1 Å². The maximum Gasteiger partial charge on any atom is 1.00 e. The zero-order chi connectivity index (χ0) is 18.7. The largest absolute Gasteiger partial charge is 1.00 e. The third kappa shape index (κ3) is 5.24. The first-order valence-corrected chi connectivity index (χ1v) is 8.72. The second-order valence-electron chi connectivity index (χ2n) is 5.08. The molecule has 0 aliphatic carbocycles. The summed E-state index contributed by atoms with van der Waals surface area (Å²) in [5.41, 5.74) is 1.38. The Bertz CT molecular complexity index is 961. The molecule has 27 heavy (non-hydrogen) atoms. The summed E-state index contributed by atoms with van der Waals surface area (Å²) in [4.78, 5) is 11.3. The summed E-state index contributed by atoms with van der Waals surface area (Å²) in [6, 6.07) is 5.89. The number of methoxy groups -OCH3 is 2. The fraction of sp³-hybridized carbons (Fsp3) is 0.250. The molecule has 0 radical (unpaired) electrons. The number of hydrogen-bond donors (Lipinski definition) is 1. The SMILES string of the molecule is COc1ccnc(CS(=O)c2nc3ccc(OC(F)F)cc3[nH]2)c1OC.[H-].[K+]. The second-order valence-corrected chi connectivity index (χ2v) is 6.45. The van der Waals surface area contributed by atoms with E-state index in [9.17, 15) is 13.0 Å². The average Bonchev–Trinajstić information content (AvgIpc) is 3.04. The first-order chi connectivity index (χ1) is 12.5. The van der Waals surface area contributed by atoms with Crippen LogP contribution in [0.5, 0.6) is 17.2 Å². The standard InChI is InChI=1S/C16H15F2N3O4S.K.H/c1-23-13-5-6-19-12(14(13)24-2)8-26(22)16-20-10-4-3-9(25-15(17)18)7-11(10)21-16;;/h3-7,15H,8H2,1-2H3,(H,20,21);;/q;+1;-1. The van der Waals surface area contributed by atoms with Gasteiger partial charge in [0.15, 0.2) is 16.7 Å². The van der Waals surface area contributed by atoms with Crippen LogP contribution < -0.4 is 65.6 Å². The number of fused-ring (bicyclic) bond motifs is 1. The number of benzene rings is 1. The number of imidazole rings is 1. The van der Waals surface area contributed by atoms with Gasteiger partial charge in [0.25, 0.3) is 0 Å². The molecule has 1 atom stereocenters. The van der Waals surface area contributed by atoms with Gasteiger partial charge in [0.05, 0.1) is 47.5 Å². The molecule has 0 spiro atoms. The van der Waals surface area contributed by atoms with Crippen LogP contribution in [0, 0.1) is 0 Å². The molecule has 1 N–H and O–H groups in total. The quantitative estimate of drug-likeness (QED) is 0.539. The molecule has 1 aromatic carbocycles. The van der Waals surface area contributed by atoms with Crippen molar-refractivity contribution < 1.29 is 80.0 Å². The van der Waals surface area contributed by atoms with E-state index in [1.807, 2.05) is 0 Å². The van der Waals surface area contributed by atoms with E-state index in [0.29, 0.717) is 28.2 Å². The molecule has 2 aromatic heterocycles. The molecular weight excluding hydrogens is 407 g/mol. The van der Waals surface area contributed by atoms with Crippen LogP contribution in [-0.4, -0.2) is 40.0 Å². The number of hydrogen-bond acceptors (Lipinski definition) is 6. The van der Waals surface area contributed by atoms with Crippen molar-refractivity contribution in [2.75, 3.05) is 14.2 Å². The molecule has 7 nitrogen and oxygen atoms in total.